The maximum absolute atomic E-state index is 3.79. The smallest absolute Gasteiger partial charge is 0.0205 e. The maximum Gasteiger partial charge on any atom is -0.0205 e. The second kappa shape index (κ2) is 6.01. The van der Waals surface area contributed by atoms with Gasteiger partial charge in [0.1, 0.15) is 0 Å². The predicted octanol–water partition coefficient (Wildman–Crippen LogP) is 4.34. The van der Waals surface area contributed by atoms with E-state index < -0.39 is 0 Å². The molecule has 0 saturated heterocycles. The molecule has 0 aromatic heterocycles. The molecular weight excluding hydrogens is 156 g/mol. The fourth-order valence-electron chi connectivity index (χ4n) is 2.28. The summed E-state index contributed by atoms with van der Waals surface area (Å²) in [6, 6.07) is 0. The molecule has 0 radical (unpaired) electrons. The third-order valence-electron chi connectivity index (χ3n) is 3.16. The first-order chi connectivity index (χ1) is 6.38. The second-order valence-electron chi connectivity index (χ2n) is 4.06. The molecule has 0 heteroatoms. The number of hydrogen-bond donors (Lipinski definition) is 0. The van der Waals surface area contributed by atoms with Crippen LogP contribution >= 0.6 is 0 Å². The van der Waals surface area contributed by atoms with Crippen molar-refractivity contribution in [3.63, 3.8) is 0 Å². The molecule has 1 aliphatic rings. The van der Waals surface area contributed by atoms with Crippen LogP contribution in [0.3, 0.4) is 0 Å². The molecule has 1 rings (SSSR count). The normalized spacial score (nSPS) is 24.2. The third kappa shape index (κ3) is 3.38. The molecule has 0 N–H and O–H groups in total. The fraction of sp³-hybridized carbons (Fsp3) is 0.692. The van der Waals surface area contributed by atoms with E-state index in [-0.39, 0.29) is 0 Å². The summed E-state index contributed by atoms with van der Waals surface area (Å²) in [6.07, 6.45) is 14.8. The number of rotatable bonds is 5. The summed E-state index contributed by atoms with van der Waals surface area (Å²) in [5.74, 6) is 1.76. The standard InChI is InChI=1S/C13H22/c1-3-5-9-12(4-2)13-10-7-6-8-11-13/h3,7,10,12-13H,1,4-6,8-9,11H2,2H3. The predicted molar refractivity (Wildman–Crippen MR) is 59.7 cm³/mol. The summed E-state index contributed by atoms with van der Waals surface area (Å²) in [4.78, 5) is 0. The third-order valence-corrected chi connectivity index (χ3v) is 3.16. The summed E-state index contributed by atoms with van der Waals surface area (Å²) < 4.78 is 0. The molecule has 0 saturated carbocycles. The van der Waals surface area contributed by atoms with Crippen LogP contribution in [0.4, 0.5) is 0 Å². The van der Waals surface area contributed by atoms with Gasteiger partial charge in [-0.05, 0) is 43.9 Å². The lowest BCUT2D eigenvalue weighted by Crippen LogP contribution is -2.13. The van der Waals surface area contributed by atoms with E-state index in [0.29, 0.717) is 0 Å². The van der Waals surface area contributed by atoms with Crippen LogP contribution in [0.25, 0.3) is 0 Å². The van der Waals surface area contributed by atoms with Crippen LogP contribution in [-0.2, 0) is 0 Å². The Labute approximate surface area is 82.7 Å². The van der Waals surface area contributed by atoms with Gasteiger partial charge in [0.15, 0.2) is 0 Å². The van der Waals surface area contributed by atoms with Gasteiger partial charge >= 0.3 is 0 Å². The molecule has 0 nitrogen and oxygen atoms in total. The molecule has 0 bridgehead atoms. The van der Waals surface area contributed by atoms with Gasteiger partial charge in [0, 0.05) is 0 Å². The molecule has 0 fully saturated rings. The van der Waals surface area contributed by atoms with Crippen LogP contribution in [0, 0.1) is 11.8 Å². The minimum Gasteiger partial charge on any atom is -0.103 e. The van der Waals surface area contributed by atoms with Crippen LogP contribution in [0.2, 0.25) is 0 Å². The topological polar surface area (TPSA) is 0 Å². The Morgan fingerprint density at radius 2 is 2.46 bits per heavy atom. The average molecular weight is 178 g/mol. The summed E-state index contributed by atoms with van der Waals surface area (Å²) in [5.41, 5.74) is 0. The highest BCUT2D eigenvalue weighted by molar-refractivity contribution is 4.95. The van der Waals surface area contributed by atoms with Crippen molar-refractivity contribution in [2.24, 2.45) is 11.8 Å². The molecule has 0 amide bonds. The molecule has 0 aromatic rings. The Morgan fingerprint density at radius 1 is 1.62 bits per heavy atom. The van der Waals surface area contributed by atoms with Crippen LogP contribution in [-0.4, -0.2) is 0 Å². The summed E-state index contributed by atoms with van der Waals surface area (Å²) in [6.45, 7) is 6.11. The van der Waals surface area contributed by atoms with Gasteiger partial charge in [0.25, 0.3) is 0 Å². The van der Waals surface area contributed by atoms with E-state index >= 15 is 0 Å². The Morgan fingerprint density at radius 3 is 3.00 bits per heavy atom. The van der Waals surface area contributed by atoms with E-state index in [1.165, 1.54) is 38.5 Å². The highest BCUT2D eigenvalue weighted by atomic mass is 14.2. The lowest BCUT2D eigenvalue weighted by atomic mass is 9.80. The van der Waals surface area contributed by atoms with Crippen molar-refractivity contribution in [1.29, 1.82) is 0 Å². The zero-order chi connectivity index (χ0) is 9.52. The maximum atomic E-state index is 3.79. The molecule has 13 heavy (non-hydrogen) atoms. The van der Waals surface area contributed by atoms with Crippen LogP contribution in [0.5, 0.6) is 0 Å². The van der Waals surface area contributed by atoms with Crippen molar-refractivity contribution in [2.45, 2.75) is 45.4 Å². The van der Waals surface area contributed by atoms with Crippen LogP contribution < -0.4 is 0 Å². The van der Waals surface area contributed by atoms with Crippen LogP contribution in [0.1, 0.15) is 45.4 Å². The quantitative estimate of drug-likeness (QED) is 0.549. The first-order valence-corrected chi connectivity index (χ1v) is 5.66. The number of allylic oxidation sites excluding steroid dienone is 3. The molecule has 1 aliphatic carbocycles. The number of hydrogen-bond acceptors (Lipinski definition) is 0. The van der Waals surface area contributed by atoms with E-state index in [0.717, 1.165) is 11.8 Å². The second-order valence-corrected chi connectivity index (χ2v) is 4.06. The van der Waals surface area contributed by atoms with E-state index in [1.807, 2.05) is 0 Å². The molecular formula is C13H22. The average Bonchev–Trinajstić information content (AvgIpc) is 2.21. The van der Waals surface area contributed by atoms with Crippen molar-refractivity contribution in [1.82, 2.24) is 0 Å². The van der Waals surface area contributed by atoms with Gasteiger partial charge in [-0.3, -0.25) is 0 Å². The van der Waals surface area contributed by atoms with E-state index in [1.54, 1.807) is 0 Å². The lowest BCUT2D eigenvalue weighted by Gasteiger charge is -2.25. The van der Waals surface area contributed by atoms with Gasteiger partial charge in [-0.25, -0.2) is 0 Å². The van der Waals surface area contributed by atoms with E-state index in [2.05, 4.69) is 31.7 Å². The minimum atomic E-state index is 0.860. The van der Waals surface area contributed by atoms with Gasteiger partial charge in [0.2, 0.25) is 0 Å². The van der Waals surface area contributed by atoms with Gasteiger partial charge in [0.05, 0.1) is 0 Å². The Hall–Kier alpha value is -0.520. The fourth-order valence-corrected chi connectivity index (χ4v) is 2.28. The first kappa shape index (κ1) is 10.6. The molecule has 0 aliphatic heterocycles. The first-order valence-electron chi connectivity index (χ1n) is 5.66. The van der Waals surface area contributed by atoms with Crippen molar-refractivity contribution in [2.75, 3.05) is 0 Å². The molecule has 0 aromatic carbocycles. The Bertz CT molecular complexity index is 167. The van der Waals surface area contributed by atoms with Gasteiger partial charge in [-0.2, -0.15) is 0 Å². The summed E-state index contributed by atoms with van der Waals surface area (Å²) in [5, 5.41) is 0. The summed E-state index contributed by atoms with van der Waals surface area (Å²) in [7, 11) is 0. The van der Waals surface area contributed by atoms with E-state index in [9.17, 15) is 0 Å². The molecule has 0 spiro atoms. The van der Waals surface area contributed by atoms with Crippen molar-refractivity contribution in [3.05, 3.63) is 24.8 Å². The molecule has 2 unspecified atom stereocenters. The Kier molecular flexibility index (Phi) is 4.88. The van der Waals surface area contributed by atoms with Crippen molar-refractivity contribution in [3.8, 4) is 0 Å². The van der Waals surface area contributed by atoms with Gasteiger partial charge in [-0.15, -0.1) is 6.58 Å². The lowest BCUT2D eigenvalue weighted by molar-refractivity contribution is 0.329. The molecule has 0 heterocycles. The van der Waals surface area contributed by atoms with E-state index in [4.69, 9.17) is 0 Å². The van der Waals surface area contributed by atoms with Crippen LogP contribution in [0.15, 0.2) is 24.8 Å². The highest BCUT2D eigenvalue weighted by Crippen LogP contribution is 2.30. The van der Waals surface area contributed by atoms with Gasteiger partial charge < -0.3 is 0 Å². The van der Waals surface area contributed by atoms with Crippen molar-refractivity contribution >= 4 is 0 Å². The highest BCUT2D eigenvalue weighted by Gasteiger charge is 2.17. The van der Waals surface area contributed by atoms with Crippen molar-refractivity contribution < 1.29 is 0 Å². The SMILES string of the molecule is C=CCCC(CC)C1C=CCCC1. The minimum absolute atomic E-state index is 0.860. The summed E-state index contributed by atoms with van der Waals surface area (Å²) >= 11 is 0. The zero-order valence-corrected chi connectivity index (χ0v) is 8.84. The molecule has 74 valence electrons. The monoisotopic (exact) mass is 178 g/mol. The molecule has 2 atom stereocenters. The Balaban J connectivity index is 2.39. The van der Waals surface area contributed by atoms with Gasteiger partial charge in [-0.1, -0.05) is 31.6 Å². The largest absolute Gasteiger partial charge is 0.103 e. The zero-order valence-electron chi connectivity index (χ0n) is 8.84.